The normalized spacial score (nSPS) is 14.7. The van der Waals surface area contributed by atoms with Gasteiger partial charge in [0.15, 0.2) is 0 Å². The first-order valence-electron chi connectivity index (χ1n) is 20.9. The van der Waals surface area contributed by atoms with Crippen LogP contribution in [0.3, 0.4) is 0 Å². The molecule has 12 rings (SSSR count). The second-order valence-corrected chi connectivity index (χ2v) is 16.2. The van der Waals surface area contributed by atoms with Crippen LogP contribution in [0.25, 0.3) is 72.8 Å². The van der Waals surface area contributed by atoms with Gasteiger partial charge in [-0.25, -0.2) is 0 Å². The summed E-state index contributed by atoms with van der Waals surface area (Å²) in [6.07, 6.45) is 12.5. The molecule has 0 amide bonds. The van der Waals surface area contributed by atoms with Crippen LogP contribution < -0.4 is 4.90 Å². The maximum atomic E-state index is 2.44. The average Bonchev–Trinajstić information content (AvgIpc) is 3.93. The van der Waals surface area contributed by atoms with Crippen molar-refractivity contribution in [3.63, 3.8) is 0 Å². The minimum Gasteiger partial charge on any atom is -0.310 e. The van der Waals surface area contributed by atoms with Crippen molar-refractivity contribution in [2.45, 2.75) is 26.2 Å². The molecule has 3 heterocycles. The van der Waals surface area contributed by atoms with Crippen LogP contribution >= 0.6 is 0 Å². The van der Waals surface area contributed by atoms with Crippen molar-refractivity contribution < 1.29 is 0 Å². The van der Waals surface area contributed by atoms with Gasteiger partial charge < -0.3 is 18.6 Å². The molecule has 0 saturated heterocycles. The van der Waals surface area contributed by atoms with Crippen LogP contribution in [0.2, 0.25) is 0 Å². The van der Waals surface area contributed by atoms with Gasteiger partial charge in [0.05, 0.1) is 22.1 Å². The van der Waals surface area contributed by atoms with E-state index in [0.717, 1.165) is 42.0 Å². The van der Waals surface area contributed by atoms with Crippen LogP contribution in [0.1, 0.15) is 35.9 Å². The van der Waals surface area contributed by atoms with E-state index in [-0.39, 0.29) is 0 Å². The Bertz CT molecular complexity index is 3240. The molecule has 3 aromatic heterocycles. The summed E-state index contributed by atoms with van der Waals surface area (Å²) in [5.41, 5.74) is 17.2. The largest absolute Gasteiger partial charge is 0.310 e. The molecule has 0 N–H and O–H groups in total. The van der Waals surface area contributed by atoms with Crippen molar-refractivity contribution in [1.29, 1.82) is 0 Å². The van der Waals surface area contributed by atoms with E-state index >= 15 is 0 Å². The van der Waals surface area contributed by atoms with E-state index in [2.05, 4.69) is 220 Å². The van der Waals surface area contributed by atoms with Gasteiger partial charge in [0.2, 0.25) is 0 Å². The molecule has 0 saturated carbocycles. The molecule has 59 heavy (non-hydrogen) atoms. The fraction of sp³-hybridized carbons (Fsp3) is 0.0909. The second-order valence-electron chi connectivity index (χ2n) is 16.2. The molecule has 0 aliphatic heterocycles. The number of hydrogen-bond acceptors (Lipinski definition) is 1. The van der Waals surface area contributed by atoms with E-state index in [0.29, 0.717) is 5.92 Å². The number of para-hydroxylation sites is 4. The molecule has 10 aromatic rings. The number of anilines is 3. The van der Waals surface area contributed by atoms with Crippen LogP contribution in [0.4, 0.5) is 17.1 Å². The Morgan fingerprint density at radius 3 is 1.34 bits per heavy atom. The molecule has 2 aliphatic rings. The van der Waals surface area contributed by atoms with E-state index in [1.807, 2.05) is 0 Å². The Morgan fingerprint density at radius 1 is 0.424 bits per heavy atom. The minimum absolute atomic E-state index is 0.531. The van der Waals surface area contributed by atoms with E-state index in [1.54, 1.807) is 0 Å². The fourth-order valence-electron chi connectivity index (χ4n) is 10.0. The van der Waals surface area contributed by atoms with Crippen molar-refractivity contribution >= 4 is 72.8 Å². The van der Waals surface area contributed by atoms with E-state index in [1.165, 1.54) is 77.5 Å². The zero-order valence-corrected chi connectivity index (χ0v) is 33.0. The summed E-state index contributed by atoms with van der Waals surface area (Å²) in [5, 5.41) is 5.23. The van der Waals surface area contributed by atoms with Crippen molar-refractivity contribution in [1.82, 2.24) is 13.7 Å². The first-order chi connectivity index (χ1) is 29.2. The summed E-state index contributed by atoms with van der Waals surface area (Å²) >= 11 is 0. The number of aryl methyl sites for hydroxylation is 1. The highest BCUT2D eigenvalue weighted by atomic mass is 15.1. The van der Waals surface area contributed by atoms with Gasteiger partial charge in [0.25, 0.3) is 0 Å². The number of nitrogens with zero attached hydrogens (tertiary/aromatic N) is 4. The van der Waals surface area contributed by atoms with Gasteiger partial charge in [0.1, 0.15) is 0 Å². The van der Waals surface area contributed by atoms with Crippen molar-refractivity contribution in [3.05, 3.63) is 205 Å². The Hall–Kier alpha value is -7.30. The fourth-order valence-corrected chi connectivity index (χ4v) is 10.0. The Morgan fingerprint density at radius 2 is 0.831 bits per heavy atom. The highest BCUT2D eigenvalue weighted by Crippen LogP contribution is 2.41. The zero-order chi connectivity index (χ0) is 39.0. The third-order valence-electron chi connectivity index (χ3n) is 12.7. The van der Waals surface area contributed by atoms with Crippen molar-refractivity contribution in [2.24, 2.45) is 5.92 Å². The lowest BCUT2D eigenvalue weighted by atomic mass is 9.93. The van der Waals surface area contributed by atoms with Crippen LogP contribution in [-0.2, 0) is 12.8 Å². The lowest BCUT2D eigenvalue weighted by molar-refractivity contribution is 0.718. The third-order valence-corrected chi connectivity index (χ3v) is 12.7. The molecule has 1 unspecified atom stereocenters. The van der Waals surface area contributed by atoms with Crippen LogP contribution in [0, 0.1) is 5.92 Å². The molecule has 1 atom stereocenters. The summed E-state index contributed by atoms with van der Waals surface area (Å²) in [6.45, 7) is 2.31. The standard InChI is InChI=1S/C55H42N4/c1-37-22-35-55-49(36-37)48-16-6-11-21-54(48)59(55)43-33-27-40(28-34-43)56(38-23-29-41(30-24-38)57-50-17-7-2-12-44(50)45-13-3-8-18-51(45)57)39-25-31-42(32-26-39)58-52-19-9-4-14-46(52)47-15-5-10-20-53(47)58/h2-4,6-14,16-35,37H,5,15,36H2,1H3. The maximum absolute atomic E-state index is 2.44. The average molecular weight is 759 g/mol. The molecule has 4 nitrogen and oxygen atoms in total. The van der Waals surface area contributed by atoms with Crippen LogP contribution in [0.5, 0.6) is 0 Å². The number of hydrogen-bond donors (Lipinski definition) is 0. The Labute approximate surface area is 343 Å². The van der Waals surface area contributed by atoms with Crippen LogP contribution in [-0.4, -0.2) is 13.7 Å². The summed E-state index contributed by atoms with van der Waals surface area (Å²) in [7, 11) is 0. The highest BCUT2D eigenvalue weighted by Gasteiger charge is 2.23. The first kappa shape index (κ1) is 33.8. The quantitative estimate of drug-likeness (QED) is 0.165. The zero-order valence-electron chi connectivity index (χ0n) is 33.0. The van der Waals surface area contributed by atoms with Gasteiger partial charge in [-0.15, -0.1) is 0 Å². The van der Waals surface area contributed by atoms with Gasteiger partial charge in [-0.2, -0.15) is 0 Å². The van der Waals surface area contributed by atoms with Crippen molar-refractivity contribution in [2.75, 3.05) is 4.90 Å². The Kier molecular flexibility index (Phi) is 7.67. The molecule has 0 radical (unpaired) electrons. The second kappa shape index (κ2) is 13.4. The van der Waals surface area contributed by atoms with Gasteiger partial charge >= 0.3 is 0 Å². The predicted molar refractivity (Wildman–Crippen MR) is 248 cm³/mol. The summed E-state index contributed by atoms with van der Waals surface area (Å²) in [6, 6.07) is 62.4. The molecule has 7 aromatic carbocycles. The highest BCUT2D eigenvalue weighted by molar-refractivity contribution is 6.09. The molecule has 0 bridgehead atoms. The minimum atomic E-state index is 0.531. The van der Waals surface area contributed by atoms with Gasteiger partial charge in [-0.05, 0) is 146 Å². The molecule has 4 heteroatoms. The molecule has 2 aliphatic carbocycles. The number of rotatable bonds is 6. The number of allylic oxidation sites excluding steroid dienone is 2. The first-order valence-corrected chi connectivity index (χ1v) is 20.9. The SMILES string of the molecule is CC1C=Cc2c(c3ccccc3n2-c2ccc(N(c3ccc(-n4c5c(c6ccccc64)CCC=C5)cc3)c3ccc(-n4c5ccccc5c5ccccc54)cc3)cc2)C1. The van der Waals surface area contributed by atoms with E-state index in [4.69, 9.17) is 0 Å². The molecule has 0 fully saturated rings. The summed E-state index contributed by atoms with van der Waals surface area (Å²) in [5.74, 6) is 0.531. The van der Waals surface area contributed by atoms with E-state index < -0.39 is 0 Å². The molecular weight excluding hydrogens is 717 g/mol. The maximum Gasteiger partial charge on any atom is 0.0541 e. The van der Waals surface area contributed by atoms with Crippen LogP contribution in [0.15, 0.2) is 182 Å². The summed E-state index contributed by atoms with van der Waals surface area (Å²) < 4.78 is 7.25. The van der Waals surface area contributed by atoms with Crippen molar-refractivity contribution in [3.8, 4) is 17.1 Å². The monoisotopic (exact) mass is 758 g/mol. The van der Waals surface area contributed by atoms with E-state index in [9.17, 15) is 0 Å². The molecule has 282 valence electrons. The Balaban J connectivity index is 0.984. The molecule has 0 spiro atoms. The smallest absolute Gasteiger partial charge is 0.0541 e. The lowest BCUT2D eigenvalue weighted by Gasteiger charge is -2.26. The van der Waals surface area contributed by atoms with Gasteiger partial charge in [0, 0.05) is 67.1 Å². The predicted octanol–water partition coefficient (Wildman–Crippen LogP) is 14.3. The number of fused-ring (bicyclic) bond motifs is 9. The molecular formula is C55H42N4. The van der Waals surface area contributed by atoms with Gasteiger partial charge in [-0.1, -0.05) is 91.9 Å². The number of benzene rings is 7. The summed E-state index contributed by atoms with van der Waals surface area (Å²) in [4.78, 5) is 2.39. The lowest BCUT2D eigenvalue weighted by Crippen LogP contribution is -2.11. The number of aromatic nitrogens is 3. The van der Waals surface area contributed by atoms with Gasteiger partial charge in [-0.3, -0.25) is 0 Å². The third kappa shape index (κ3) is 5.29. The topological polar surface area (TPSA) is 18.0 Å².